The highest BCUT2D eigenvalue weighted by Crippen LogP contribution is 2.31. The number of aryl methyl sites for hydroxylation is 1. The fourth-order valence-electron chi connectivity index (χ4n) is 3.77. The van der Waals surface area contributed by atoms with E-state index >= 15 is 0 Å². The van der Waals surface area contributed by atoms with Crippen LogP contribution in [-0.4, -0.2) is 29.5 Å². The van der Waals surface area contributed by atoms with Crippen LogP contribution >= 0.6 is 11.6 Å². The van der Waals surface area contributed by atoms with E-state index in [9.17, 15) is 14.4 Å². The summed E-state index contributed by atoms with van der Waals surface area (Å²) in [6.45, 7) is 3.82. The van der Waals surface area contributed by atoms with E-state index in [0.29, 0.717) is 16.3 Å². The second-order valence-corrected chi connectivity index (χ2v) is 7.70. The molecule has 0 spiro atoms. The van der Waals surface area contributed by atoms with Crippen molar-refractivity contribution in [2.75, 3.05) is 12.0 Å². The Hall–Kier alpha value is -3.84. The third-order valence-electron chi connectivity index (χ3n) is 5.28. The van der Waals surface area contributed by atoms with Gasteiger partial charge in [-0.15, -0.1) is 0 Å². The Morgan fingerprint density at radius 1 is 1.00 bits per heavy atom. The molecule has 1 aliphatic heterocycles. The number of ether oxygens (including phenoxy) is 1. The quantitative estimate of drug-likeness (QED) is 0.472. The maximum absolute atomic E-state index is 13.2. The lowest BCUT2D eigenvalue weighted by Crippen LogP contribution is -2.54. The molecule has 4 rings (SSSR count). The summed E-state index contributed by atoms with van der Waals surface area (Å²) < 4.78 is 7.28. The van der Waals surface area contributed by atoms with Crippen molar-refractivity contribution in [1.82, 2.24) is 9.88 Å². The lowest BCUT2D eigenvalue weighted by atomic mass is 10.1. The first-order chi connectivity index (χ1) is 15.3. The minimum Gasteiger partial charge on any atom is -0.495 e. The number of nitrogens with one attached hydrogen (secondary N) is 1. The summed E-state index contributed by atoms with van der Waals surface area (Å²) in [5.41, 5.74) is 3.44. The van der Waals surface area contributed by atoms with Gasteiger partial charge in [-0.2, -0.15) is 0 Å². The number of amides is 4. The maximum Gasteiger partial charge on any atom is 0.336 e. The molecule has 7 nitrogen and oxygen atoms in total. The summed E-state index contributed by atoms with van der Waals surface area (Å²) in [4.78, 5) is 39.2. The largest absolute Gasteiger partial charge is 0.495 e. The lowest BCUT2D eigenvalue weighted by Gasteiger charge is -2.27. The van der Waals surface area contributed by atoms with Gasteiger partial charge in [0.15, 0.2) is 0 Å². The van der Waals surface area contributed by atoms with Crippen molar-refractivity contribution in [2.24, 2.45) is 0 Å². The predicted molar refractivity (Wildman–Crippen MR) is 122 cm³/mol. The molecule has 1 aliphatic rings. The van der Waals surface area contributed by atoms with Crippen LogP contribution < -0.4 is 15.0 Å². The van der Waals surface area contributed by atoms with Gasteiger partial charge in [0.05, 0.1) is 12.8 Å². The van der Waals surface area contributed by atoms with Crippen LogP contribution in [0.15, 0.2) is 60.2 Å². The number of benzene rings is 2. The number of hydrogen-bond donors (Lipinski definition) is 1. The Labute approximate surface area is 189 Å². The zero-order valence-corrected chi connectivity index (χ0v) is 18.4. The van der Waals surface area contributed by atoms with Crippen LogP contribution in [0.1, 0.15) is 17.0 Å². The van der Waals surface area contributed by atoms with Gasteiger partial charge in [0.2, 0.25) is 0 Å². The molecule has 4 amide bonds. The Kier molecular flexibility index (Phi) is 5.59. The number of barbiturate groups is 1. The number of anilines is 1. The number of para-hydroxylation sites is 2. The molecule has 8 heteroatoms. The Morgan fingerprint density at radius 2 is 1.69 bits per heavy atom. The number of methoxy groups -OCH3 is 1. The van der Waals surface area contributed by atoms with E-state index in [-0.39, 0.29) is 11.3 Å². The normalized spacial score (nSPS) is 15.3. The molecule has 1 N–H and O–H groups in total. The summed E-state index contributed by atoms with van der Waals surface area (Å²) in [7, 11) is 1.44. The van der Waals surface area contributed by atoms with Crippen molar-refractivity contribution in [3.8, 4) is 11.4 Å². The van der Waals surface area contributed by atoms with Crippen LogP contribution in [0.3, 0.4) is 0 Å². The summed E-state index contributed by atoms with van der Waals surface area (Å²) >= 11 is 6.00. The molecular formula is C24H20ClN3O4. The molecule has 3 aromatic rings. The van der Waals surface area contributed by atoms with Gasteiger partial charge in [-0.3, -0.25) is 14.9 Å². The van der Waals surface area contributed by atoms with Crippen molar-refractivity contribution in [2.45, 2.75) is 13.8 Å². The fourth-order valence-corrected chi connectivity index (χ4v) is 3.89. The van der Waals surface area contributed by atoms with E-state index in [2.05, 4.69) is 5.32 Å². The van der Waals surface area contributed by atoms with Crippen molar-refractivity contribution in [1.29, 1.82) is 0 Å². The highest BCUT2D eigenvalue weighted by molar-refractivity contribution is 6.39. The summed E-state index contributed by atoms with van der Waals surface area (Å²) in [5.74, 6) is -1.13. The monoisotopic (exact) mass is 449 g/mol. The second kappa shape index (κ2) is 8.36. The van der Waals surface area contributed by atoms with Gasteiger partial charge in [-0.05, 0) is 68.0 Å². The topological polar surface area (TPSA) is 80.6 Å². The Bertz CT molecular complexity index is 1270. The smallest absolute Gasteiger partial charge is 0.336 e. The van der Waals surface area contributed by atoms with Crippen LogP contribution in [0.25, 0.3) is 11.8 Å². The molecule has 0 atom stereocenters. The fraction of sp³-hybridized carbons (Fsp3) is 0.125. The van der Waals surface area contributed by atoms with E-state index in [4.69, 9.17) is 16.3 Å². The average molecular weight is 450 g/mol. The molecule has 32 heavy (non-hydrogen) atoms. The van der Waals surface area contributed by atoms with Crippen LogP contribution in [0, 0.1) is 13.8 Å². The number of hydrogen-bond acceptors (Lipinski definition) is 4. The zero-order chi connectivity index (χ0) is 23.0. The number of rotatable bonds is 4. The van der Waals surface area contributed by atoms with Gasteiger partial charge in [0.25, 0.3) is 11.8 Å². The summed E-state index contributed by atoms with van der Waals surface area (Å²) in [5, 5.41) is 2.87. The molecule has 0 saturated carbocycles. The number of carbonyl (C=O) groups is 3. The van der Waals surface area contributed by atoms with Crippen molar-refractivity contribution >= 4 is 41.2 Å². The maximum atomic E-state index is 13.2. The number of nitrogens with zero attached hydrogens (tertiary/aromatic N) is 2. The second-order valence-electron chi connectivity index (χ2n) is 7.27. The predicted octanol–water partition coefficient (Wildman–Crippen LogP) is 4.42. The van der Waals surface area contributed by atoms with Gasteiger partial charge in [0.1, 0.15) is 11.3 Å². The molecule has 0 unspecified atom stereocenters. The van der Waals surface area contributed by atoms with Gasteiger partial charge >= 0.3 is 6.03 Å². The van der Waals surface area contributed by atoms with Crippen LogP contribution in [0.5, 0.6) is 5.75 Å². The highest BCUT2D eigenvalue weighted by atomic mass is 35.5. The van der Waals surface area contributed by atoms with Gasteiger partial charge < -0.3 is 9.30 Å². The molecule has 0 bridgehead atoms. The summed E-state index contributed by atoms with van der Waals surface area (Å²) in [6.07, 6.45) is 1.50. The van der Waals surface area contributed by atoms with Crippen molar-refractivity contribution in [3.63, 3.8) is 0 Å². The van der Waals surface area contributed by atoms with Crippen molar-refractivity contribution < 1.29 is 19.1 Å². The SMILES string of the molecule is COc1ccccc1N1C(=O)NC(=O)/C(=C/c2cc(C)n(-c3ccc(Cl)cc3)c2C)C1=O. The lowest BCUT2D eigenvalue weighted by molar-refractivity contribution is -0.122. The van der Waals surface area contributed by atoms with E-state index in [1.54, 1.807) is 36.4 Å². The van der Waals surface area contributed by atoms with E-state index < -0.39 is 17.8 Å². The highest BCUT2D eigenvalue weighted by Gasteiger charge is 2.38. The Balaban J connectivity index is 1.77. The molecule has 2 heterocycles. The molecule has 0 radical (unpaired) electrons. The van der Waals surface area contributed by atoms with E-state index in [1.165, 1.54) is 13.2 Å². The zero-order valence-electron chi connectivity index (χ0n) is 17.7. The number of carbonyl (C=O) groups excluding carboxylic acids is 3. The van der Waals surface area contributed by atoms with Crippen LogP contribution in [0.4, 0.5) is 10.5 Å². The van der Waals surface area contributed by atoms with Gasteiger partial charge in [-0.25, -0.2) is 9.69 Å². The molecule has 162 valence electrons. The molecular weight excluding hydrogens is 430 g/mol. The molecule has 1 aromatic heterocycles. The third kappa shape index (κ3) is 3.67. The molecule has 2 aromatic carbocycles. The van der Waals surface area contributed by atoms with E-state index in [1.807, 2.05) is 36.6 Å². The van der Waals surface area contributed by atoms with Crippen LogP contribution in [-0.2, 0) is 9.59 Å². The first kappa shape index (κ1) is 21.4. The average Bonchev–Trinajstić information content (AvgIpc) is 3.05. The number of halogens is 1. The Morgan fingerprint density at radius 3 is 2.38 bits per heavy atom. The van der Waals surface area contributed by atoms with Crippen LogP contribution in [0.2, 0.25) is 5.02 Å². The molecule has 0 aliphatic carbocycles. The first-order valence-electron chi connectivity index (χ1n) is 9.81. The molecule has 1 fully saturated rings. The van der Waals surface area contributed by atoms with Gasteiger partial charge in [0, 0.05) is 22.1 Å². The molecule has 1 saturated heterocycles. The van der Waals surface area contributed by atoms with Crippen molar-refractivity contribution in [3.05, 3.63) is 82.1 Å². The minimum absolute atomic E-state index is 0.146. The standard InChI is InChI=1S/C24H20ClN3O4/c1-14-12-16(15(2)27(14)18-10-8-17(25)9-11-18)13-19-22(29)26-24(31)28(23(19)30)20-6-4-5-7-21(20)32-3/h4-13H,1-3H3,(H,26,29,31)/b19-13-. The minimum atomic E-state index is -0.826. The first-order valence-corrected chi connectivity index (χ1v) is 10.2. The number of urea groups is 1. The van der Waals surface area contributed by atoms with E-state index in [0.717, 1.165) is 22.0 Å². The third-order valence-corrected chi connectivity index (χ3v) is 5.53. The summed E-state index contributed by atoms with van der Waals surface area (Å²) in [6, 6.07) is 15.0. The van der Waals surface area contributed by atoms with Gasteiger partial charge in [-0.1, -0.05) is 23.7 Å². The number of imide groups is 2. The number of aromatic nitrogens is 1.